The first-order valence-electron chi connectivity index (χ1n) is 9.79. The van der Waals surface area contributed by atoms with Gasteiger partial charge in [-0.2, -0.15) is 0 Å². The molecule has 0 saturated heterocycles. The molecule has 5 heteroatoms. The molecule has 4 nitrogen and oxygen atoms in total. The molecular formula is C23H31ClN2O2. The summed E-state index contributed by atoms with van der Waals surface area (Å²) < 4.78 is 5.94. The summed E-state index contributed by atoms with van der Waals surface area (Å²) >= 11 is 0. The smallest absolute Gasteiger partial charge is 0.248 e. The molecule has 2 aromatic carbocycles. The summed E-state index contributed by atoms with van der Waals surface area (Å²) in [5.41, 5.74) is 8.36. The number of primary amides is 1. The quantitative estimate of drug-likeness (QED) is 0.653. The Morgan fingerprint density at radius 1 is 1.18 bits per heavy atom. The van der Waals surface area contributed by atoms with E-state index in [4.69, 9.17) is 10.5 Å². The van der Waals surface area contributed by atoms with Gasteiger partial charge in [0.05, 0.1) is 0 Å². The zero-order valence-corrected chi connectivity index (χ0v) is 17.6. The van der Waals surface area contributed by atoms with Crippen molar-refractivity contribution in [2.45, 2.75) is 45.6 Å². The summed E-state index contributed by atoms with van der Waals surface area (Å²) in [7, 11) is 0. The molecule has 0 aliphatic heterocycles. The number of carbonyl (C=O) groups is 1. The van der Waals surface area contributed by atoms with Crippen LogP contribution in [0.15, 0.2) is 48.5 Å². The number of nitrogens with one attached hydrogen (secondary N) is 1. The summed E-state index contributed by atoms with van der Waals surface area (Å²) in [4.78, 5) is 11.2. The lowest BCUT2D eigenvalue weighted by Crippen LogP contribution is -2.39. The molecule has 1 unspecified atom stereocenters. The second-order valence-corrected chi connectivity index (χ2v) is 8.23. The van der Waals surface area contributed by atoms with Gasteiger partial charge in [-0.05, 0) is 60.1 Å². The average molecular weight is 403 g/mol. The van der Waals surface area contributed by atoms with Crippen molar-refractivity contribution < 1.29 is 9.53 Å². The van der Waals surface area contributed by atoms with Gasteiger partial charge >= 0.3 is 0 Å². The van der Waals surface area contributed by atoms with Crippen molar-refractivity contribution >= 4 is 18.3 Å². The summed E-state index contributed by atoms with van der Waals surface area (Å²) in [6.07, 6.45) is 5.14. The van der Waals surface area contributed by atoms with Crippen molar-refractivity contribution in [2.24, 2.45) is 11.1 Å². The summed E-state index contributed by atoms with van der Waals surface area (Å²) in [6, 6.07) is 16.0. The second kappa shape index (κ2) is 9.94. The Kier molecular flexibility index (Phi) is 7.90. The van der Waals surface area contributed by atoms with Crippen LogP contribution in [-0.4, -0.2) is 25.1 Å². The van der Waals surface area contributed by atoms with Crippen molar-refractivity contribution in [3.63, 3.8) is 0 Å². The van der Waals surface area contributed by atoms with Crippen molar-refractivity contribution in [3.8, 4) is 16.9 Å². The third kappa shape index (κ3) is 6.25. The first-order chi connectivity index (χ1) is 12.9. The van der Waals surface area contributed by atoms with E-state index in [1.807, 2.05) is 36.4 Å². The van der Waals surface area contributed by atoms with Gasteiger partial charge < -0.3 is 15.8 Å². The molecule has 3 rings (SSSR count). The van der Waals surface area contributed by atoms with Crippen molar-refractivity contribution in [1.29, 1.82) is 0 Å². The second-order valence-electron chi connectivity index (χ2n) is 8.23. The maximum Gasteiger partial charge on any atom is 0.248 e. The molecule has 0 bridgehead atoms. The molecule has 28 heavy (non-hydrogen) atoms. The number of hydrogen-bond donors (Lipinski definition) is 2. The van der Waals surface area contributed by atoms with Crippen molar-refractivity contribution in [3.05, 3.63) is 54.1 Å². The number of rotatable bonds is 7. The fourth-order valence-corrected chi connectivity index (χ4v) is 3.90. The minimum Gasteiger partial charge on any atom is -0.492 e. The van der Waals surface area contributed by atoms with Crippen LogP contribution in [0, 0.1) is 5.41 Å². The van der Waals surface area contributed by atoms with Gasteiger partial charge in [0.15, 0.2) is 0 Å². The predicted molar refractivity (Wildman–Crippen MR) is 117 cm³/mol. The van der Waals surface area contributed by atoms with Gasteiger partial charge in [0.1, 0.15) is 12.4 Å². The Balaban J connectivity index is 0.00000280. The molecule has 2 aromatic rings. The molecule has 1 aliphatic rings. The van der Waals surface area contributed by atoms with E-state index >= 15 is 0 Å². The Labute approximate surface area is 174 Å². The van der Waals surface area contributed by atoms with Crippen LogP contribution in [0.3, 0.4) is 0 Å². The van der Waals surface area contributed by atoms with Crippen molar-refractivity contribution in [2.75, 3.05) is 13.2 Å². The zero-order valence-electron chi connectivity index (χ0n) is 16.7. The number of hydrogen-bond acceptors (Lipinski definition) is 3. The van der Waals surface area contributed by atoms with Crippen LogP contribution in [0.5, 0.6) is 5.75 Å². The highest BCUT2D eigenvalue weighted by Gasteiger charge is 2.27. The molecule has 3 N–H and O–H groups in total. The van der Waals surface area contributed by atoms with Crippen LogP contribution in [0.4, 0.5) is 0 Å². The van der Waals surface area contributed by atoms with Crippen LogP contribution in [0.25, 0.3) is 11.1 Å². The van der Waals surface area contributed by atoms with E-state index in [1.54, 1.807) is 12.1 Å². The van der Waals surface area contributed by atoms with Crippen molar-refractivity contribution in [1.82, 2.24) is 5.32 Å². The number of amides is 1. The number of nitrogens with two attached hydrogens (primary N) is 1. The SMILES string of the molecule is CC1(C)CCCC(NCCOc2cccc(-c3ccc(C(N)=O)cc3)c2)C1.Cl. The Morgan fingerprint density at radius 2 is 1.93 bits per heavy atom. The zero-order chi connectivity index (χ0) is 19.3. The van der Waals surface area contributed by atoms with E-state index in [-0.39, 0.29) is 12.4 Å². The monoisotopic (exact) mass is 402 g/mol. The van der Waals surface area contributed by atoms with Gasteiger partial charge in [-0.1, -0.05) is 44.5 Å². The number of ether oxygens (including phenoxy) is 1. The lowest BCUT2D eigenvalue weighted by Gasteiger charge is -2.35. The van der Waals surface area contributed by atoms with Gasteiger partial charge in [0.2, 0.25) is 5.91 Å². The third-order valence-corrected chi connectivity index (χ3v) is 5.35. The highest BCUT2D eigenvalue weighted by atomic mass is 35.5. The number of halogens is 1. The number of carbonyl (C=O) groups excluding carboxylic acids is 1. The maximum absolute atomic E-state index is 11.2. The minimum absolute atomic E-state index is 0. The van der Waals surface area contributed by atoms with Gasteiger partial charge in [-0.15, -0.1) is 12.4 Å². The molecule has 152 valence electrons. The molecule has 0 aromatic heterocycles. The molecular weight excluding hydrogens is 372 g/mol. The molecule has 0 heterocycles. The fraction of sp³-hybridized carbons (Fsp3) is 0.435. The van der Waals surface area contributed by atoms with Crippen LogP contribution in [0.1, 0.15) is 49.9 Å². The summed E-state index contributed by atoms with van der Waals surface area (Å²) in [5, 5.41) is 3.64. The first-order valence-corrected chi connectivity index (χ1v) is 9.79. The summed E-state index contributed by atoms with van der Waals surface area (Å²) in [5.74, 6) is 0.449. The van der Waals surface area contributed by atoms with E-state index < -0.39 is 5.91 Å². The fourth-order valence-electron chi connectivity index (χ4n) is 3.90. The molecule has 1 amide bonds. The number of benzene rings is 2. The standard InChI is InChI=1S/C23H30N2O2.ClH/c1-23(2)12-4-6-20(16-23)25-13-14-27-21-7-3-5-19(15-21)17-8-10-18(11-9-17)22(24)26;/h3,5,7-11,15,20,25H,4,6,12-14,16H2,1-2H3,(H2,24,26);1H. The topological polar surface area (TPSA) is 64.3 Å². The molecule has 1 saturated carbocycles. The molecule has 0 radical (unpaired) electrons. The third-order valence-electron chi connectivity index (χ3n) is 5.35. The lowest BCUT2D eigenvalue weighted by molar-refractivity contribution is 0.100. The lowest BCUT2D eigenvalue weighted by atomic mass is 9.75. The summed E-state index contributed by atoms with van der Waals surface area (Å²) in [6.45, 7) is 6.23. The molecule has 1 fully saturated rings. The van der Waals surface area contributed by atoms with E-state index in [0.717, 1.165) is 23.4 Å². The largest absolute Gasteiger partial charge is 0.492 e. The molecule has 1 aliphatic carbocycles. The normalized spacial score (nSPS) is 18.1. The Bertz CT molecular complexity index is 774. The van der Waals surface area contributed by atoms with Crippen LogP contribution in [-0.2, 0) is 0 Å². The van der Waals surface area contributed by atoms with Crippen LogP contribution in [0.2, 0.25) is 0 Å². The minimum atomic E-state index is -0.410. The molecule has 0 spiro atoms. The predicted octanol–water partition coefficient (Wildman–Crippen LogP) is 4.81. The van der Waals surface area contributed by atoms with Gasteiger partial charge in [-0.25, -0.2) is 0 Å². The van der Waals surface area contributed by atoms with Crippen LogP contribution >= 0.6 is 12.4 Å². The van der Waals surface area contributed by atoms with Gasteiger partial charge in [-0.3, -0.25) is 4.79 Å². The van der Waals surface area contributed by atoms with Gasteiger partial charge in [0, 0.05) is 18.2 Å². The van der Waals surface area contributed by atoms with Crippen LogP contribution < -0.4 is 15.8 Å². The first kappa shape index (κ1) is 22.3. The maximum atomic E-state index is 11.2. The van der Waals surface area contributed by atoms with E-state index in [1.165, 1.54) is 25.7 Å². The van der Waals surface area contributed by atoms with E-state index in [9.17, 15) is 4.79 Å². The van der Waals surface area contributed by atoms with E-state index in [0.29, 0.717) is 23.6 Å². The highest BCUT2D eigenvalue weighted by molar-refractivity contribution is 5.93. The average Bonchev–Trinajstić information content (AvgIpc) is 2.65. The van der Waals surface area contributed by atoms with Gasteiger partial charge in [0.25, 0.3) is 0 Å². The highest BCUT2D eigenvalue weighted by Crippen LogP contribution is 2.35. The molecule has 1 atom stereocenters. The van der Waals surface area contributed by atoms with E-state index in [2.05, 4.69) is 19.2 Å². The Morgan fingerprint density at radius 3 is 2.61 bits per heavy atom. The Hall–Kier alpha value is -2.04.